The van der Waals surface area contributed by atoms with Gasteiger partial charge >= 0.3 is 0 Å². The zero-order chi connectivity index (χ0) is 16.5. The summed E-state index contributed by atoms with van der Waals surface area (Å²) >= 11 is 0. The molecule has 4 rings (SSSR count). The zero-order valence-corrected chi connectivity index (χ0v) is 15.2. The maximum Gasteiger partial charge on any atom is 0.139 e. The smallest absolute Gasteiger partial charge is 0.139 e. The Kier molecular flexibility index (Phi) is 3.55. The monoisotopic (exact) mass is 318 g/mol. The molecule has 0 aliphatic heterocycles. The molecule has 0 bridgehead atoms. The van der Waals surface area contributed by atoms with Crippen molar-refractivity contribution in [1.29, 1.82) is 0 Å². The summed E-state index contributed by atoms with van der Waals surface area (Å²) in [5, 5.41) is 10.8. The highest BCUT2D eigenvalue weighted by Crippen LogP contribution is 2.66. The molecule has 1 N–H and O–H groups in total. The fourth-order valence-corrected chi connectivity index (χ4v) is 7.41. The van der Waals surface area contributed by atoms with Gasteiger partial charge in [-0.05, 0) is 86.9 Å². The van der Waals surface area contributed by atoms with Crippen molar-refractivity contribution in [2.45, 2.75) is 90.6 Å². The molecule has 0 saturated heterocycles. The van der Waals surface area contributed by atoms with E-state index in [1.165, 1.54) is 25.7 Å². The van der Waals surface area contributed by atoms with E-state index in [1.807, 2.05) is 0 Å². The predicted molar refractivity (Wildman–Crippen MR) is 92.0 cm³/mol. The second-order valence-corrected chi connectivity index (χ2v) is 9.86. The quantitative estimate of drug-likeness (QED) is 0.758. The Morgan fingerprint density at radius 2 is 1.83 bits per heavy atom. The molecular weight excluding hydrogens is 284 g/mol. The number of hydrogen-bond donors (Lipinski definition) is 1. The molecule has 2 nitrogen and oxygen atoms in total. The van der Waals surface area contributed by atoms with Gasteiger partial charge < -0.3 is 5.11 Å². The van der Waals surface area contributed by atoms with Crippen LogP contribution in [0.5, 0.6) is 0 Å². The number of carbonyl (C=O) groups is 1. The molecule has 2 heteroatoms. The highest BCUT2D eigenvalue weighted by molar-refractivity contribution is 5.87. The first-order valence-corrected chi connectivity index (χ1v) is 10.1. The lowest BCUT2D eigenvalue weighted by atomic mass is 9.44. The number of rotatable bonds is 1. The number of Topliss-reactive ketones (excluding diaryl/α,β-unsaturated/α-hetero) is 1. The molecule has 130 valence electrons. The normalized spacial score (nSPS) is 55.9. The van der Waals surface area contributed by atoms with E-state index < -0.39 is 5.60 Å². The van der Waals surface area contributed by atoms with Gasteiger partial charge in [0.05, 0.1) is 5.60 Å². The highest BCUT2D eigenvalue weighted by Gasteiger charge is 2.61. The molecule has 0 aromatic carbocycles. The first-order valence-electron chi connectivity index (χ1n) is 10.1. The van der Waals surface area contributed by atoms with Gasteiger partial charge in [0.15, 0.2) is 0 Å². The zero-order valence-electron chi connectivity index (χ0n) is 15.2. The highest BCUT2D eigenvalue weighted by atomic mass is 16.3. The van der Waals surface area contributed by atoms with Gasteiger partial charge in [-0.3, -0.25) is 4.79 Å². The molecule has 4 aliphatic rings. The van der Waals surface area contributed by atoms with Gasteiger partial charge in [0.25, 0.3) is 0 Å². The lowest BCUT2D eigenvalue weighted by Gasteiger charge is -2.61. The van der Waals surface area contributed by atoms with E-state index in [4.69, 9.17) is 0 Å². The summed E-state index contributed by atoms with van der Waals surface area (Å²) in [6.45, 7) is 6.95. The fourth-order valence-electron chi connectivity index (χ4n) is 7.41. The second-order valence-electron chi connectivity index (χ2n) is 9.86. The van der Waals surface area contributed by atoms with Crippen LogP contribution in [-0.4, -0.2) is 16.5 Å². The summed E-state index contributed by atoms with van der Waals surface area (Å²) in [6, 6.07) is 0. The molecular formula is C21H34O2. The van der Waals surface area contributed by atoms with Crippen LogP contribution >= 0.6 is 0 Å². The Hall–Kier alpha value is -0.370. The van der Waals surface area contributed by atoms with Crippen molar-refractivity contribution in [2.24, 2.45) is 34.5 Å². The SMILES string of the molecule is CCC1(O)CC[C@@]2(C)C(CC[C@@H]3[C@@H]2CC[C@]2(C)C(=O)CC[C@@H]32)C1. The van der Waals surface area contributed by atoms with Crippen LogP contribution in [0.1, 0.15) is 85.0 Å². The maximum absolute atomic E-state index is 12.5. The molecule has 0 aromatic heterocycles. The van der Waals surface area contributed by atoms with E-state index in [1.54, 1.807) is 0 Å². The van der Waals surface area contributed by atoms with Gasteiger partial charge in [-0.15, -0.1) is 0 Å². The summed E-state index contributed by atoms with van der Waals surface area (Å²) in [5.41, 5.74) is 0.0178. The minimum absolute atomic E-state index is 0.00316. The average Bonchev–Trinajstić information content (AvgIpc) is 2.84. The number of hydrogen-bond acceptors (Lipinski definition) is 2. The van der Waals surface area contributed by atoms with Crippen LogP contribution in [0.2, 0.25) is 0 Å². The second kappa shape index (κ2) is 5.07. The molecule has 23 heavy (non-hydrogen) atoms. The van der Waals surface area contributed by atoms with Crippen LogP contribution in [0.25, 0.3) is 0 Å². The van der Waals surface area contributed by atoms with Crippen LogP contribution in [0.4, 0.5) is 0 Å². The van der Waals surface area contributed by atoms with E-state index >= 15 is 0 Å². The Morgan fingerprint density at radius 1 is 1.04 bits per heavy atom. The molecule has 4 saturated carbocycles. The van der Waals surface area contributed by atoms with E-state index in [0.29, 0.717) is 23.0 Å². The Bertz CT molecular complexity index is 514. The summed E-state index contributed by atoms with van der Waals surface area (Å²) in [6.07, 6.45) is 11.0. The first kappa shape index (κ1) is 16.1. The minimum Gasteiger partial charge on any atom is -0.390 e. The first-order chi connectivity index (χ1) is 10.8. The van der Waals surface area contributed by atoms with Crippen molar-refractivity contribution < 1.29 is 9.90 Å². The molecule has 0 aromatic rings. The van der Waals surface area contributed by atoms with Crippen LogP contribution in [0.3, 0.4) is 0 Å². The number of fused-ring (bicyclic) bond motifs is 5. The maximum atomic E-state index is 12.5. The molecule has 7 atom stereocenters. The third-order valence-corrected chi connectivity index (χ3v) is 9.19. The fraction of sp³-hybridized carbons (Fsp3) is 0.952. The Balaban J connectivity index is 1.61. The van der Waals surface area contributed by atoms with Gasteiger partial charge in [0, 0.05) is 11.8 Å². The summed E-state index contributed by atoms with van der Waals surface area (Å²) in [5.74, 6) is 3.47. The number of aliphatic hydroxyl groups is 1. The van der Waals surface area contributed by atoms with Crippen molar-refractivity contribution in [1.82, 2.24) is 0 Å². The summed E-state index contributed by atoms with van der Waals surface area (Å²) < 4.78 is 0. The Morgan fingerprint density at radius 3 is 2.57 bits per heavy atom. The minimum atomic E-state index is -0.399. The molecule has 0 spiro atoms. The summed E-state index contributed by atoms with van der Waals surface area (Å²) in [4.78, 5) is 12.5. The molecule has 0 amide bonds. The largest absolute Gasteiger partial charge is 0.390 e. The van der Waals surface area contributed by atoms with Crippen LogP contribution in [0.15, 0.2) is 0 Å². The molecule has 4 fully saturated rings. The van der Waals surface area contributed by atoms with Gasteiger partial charge in [-0.1, -0.05) is 20.8 Å². The van der Waals surface area contributed by atoms with Crippen molar-refractivity contribution in [2.75, 3.05) is 0 Å². The van der Waals surface area contributed by atoms with Crippen LogP contribution in [0, 0.1) is 34.5 Å². The molecule has 4 aliphatic carbocycles. The van der Waals surface area contributed by atoms with E-state index in [0.717, 1.165) is 50.4 Å². The van der Waals surface area contributed by atoms with Gasteiger partial charge in [0.1, 0.15) is 5.78 Å². The van der Waals surface area contributed by atoms with Crippen molar-refractivity contribution in [3.8, 4) is 0 Å². The van der Waals surface area contributed by atoms with E-state index in [2.05, 4.69) is 20.8 Å². The van der Waals surface area contributed by atoms with Gasteiger partial charge in [0.2, 0.25) is 0 Å². The van der Waals surface area contributed by atoms with E-state index in [-0.39, 0.29) is 5.41 Å². The van der Waals surface area contributed by atoms with Gasteiger partial charge in [-0.25, -0.2) is 0 Å². The number of ketones is 1. The van der Waals surface area contributed by atoms with Crippen molar-refractivity contribution in [3.05, 3.63) is 0 Å². The molecule has 2 unspecified atom stereocenters. The molecule has 0 radical (unpaired) electrons. The predicted octanol–water partition coefficient (Wildman–Crippen LogP) is 4.74. The molecule has 0 heterocycles. The topological polar surface area (TPSA) is 37.3 Å². The standard InChI is InChI=1S/C21H34O2/c1-4-21(23)12-11-19(2)14(13-21)5-6-15-16-7-8-18(22)20(16,3)10-9-17(15)19/h14-17,23H,4-13H2,1-3H3/t14?,15-,16-,17-,19-,20-,21?/m0/s1. The third kappa shape index (κ3) is 2.12. The third-order valence-electron chi connectivity index (χ3n) is 9.19. The summed E-state index contributed by atoms with van der Waals surface area (Å²) in [7, 11) is 0. The lowest BCUT2D eigenvalue weighted by molar-refractivity contribution is -0.154. The van der Waals surface area contributed by atoms with Crippen LogP contribution in [-0.2, 0) is 4.79 Å². The van der Waals surface area contributed by atoms with E-state index in [9.17, 15) is 9.90 Å². The number of carbonyl (C=O) groups excluding carboxylic acids is 1. The van der Waals surface area contributed by atoms with Crippen LogP contribution < -0.4 is 0 Å². The van der Waals surface area contributed by atoms with Crippen molar-refractivity contribution in [3.63, 3.8) is 0 Å². The average molecular weight is 319 g/mol. The van der Waals surface area contributed by atoms with Crippen molar-refractivity contribution >= 4 is 5.78 Å². The van der Waals surface area contributed by atoms with Gasteiger partial charge in [-0.2, -0.15) is 0 Å². The lowest BCUT2D eigenvalue weighted by Crippen LogP contribution is -2.55. The Labute approximate surface area is 141 Å².